The monoisotopic (exact) mass is 289 g/mol. The fraction of sp³-hybridized carbons (Fsp3) is 0.400. The number of allylic oxidation sites excluding steroid dienone is 1. The maximum Gasteiger partial charge on any atom is 0.247 e. The molecule has 0 unspecified atom stereocenters. The number of hydrogen-bond acceptors (Lipinski definition) is 3. The van der Waals surface area contributed by atoms with Crippen LogP contribution >= 0.6 is 27.3 Å². The standard InChI is InChI=1S/C10H12BrNO2S/c1-7(2)5-8(12(13)14)6-9-3-4-10(11)15-9/h3-4,6-7H,5H2,1-2H3. The molecule has 0 spiro atoms. The number of hydrogen-bond donors (Lipinski definition) is 0. The Bertz CT molecular complexity index is 385. The van der Waals surface area contributed by atoms with Crippen molar-refractivity contribution in [3.8, 4) is 0 Å². The molecule has 0 fully saturated rings. The van der Waals surface area contributed by atoms with E-state index in [1.54, 1.807) is 6.08 Å². The van der Waals surface area contributed by atoms with Crippen LogP contribution in [0.1, 0.15) is 25.1 Å². The zero-order valence-corrected chi connectivity index (χ0v) is 11.0. The lowest BCUT2D eigenvalue weighted by molar-refractivity contribution is -0.427. The van der Waals surface area contributed by atoms with Gasteiger partial charge >= 0.3 is 0 Å². The molecule has 0 atom stereocenters. The summed E-state index contributed by atoms with van der Waals surface area (Å²) in [5.41, 5.74) is 0.277. The lowest BCUT2D eigenvalue weighted by atomic mass is 10.1. The molecule has 82 valence electrons. The van der Waals surface area contributed by atoms with Crippen molar-refractivity contribution in [1.29, 1.82) is 0 Å². The lowest BCUT2D eigenvalue weighted by Gasteiger charge is -2.01. The number of thiophene rings is 1. The Hall–Kier alpha value is -0.680. The first-order chi connectivity index (χ1) is 6.99. The van der Waals surface area contributed by atoms with Crippen LogP contribution in [0.4, 0.5) is 0 Å². The molecule has 1 aromatic rings. The summed E-state index contributed by atoms with van der Waals surface area (Å²) >= 11 is 4.83. The Kier molecular flexibility index (Phi) is 4.47. The average molecular weight is 290 g/mol. The second-order valence-corrected chi connectivity index (χ2v) is 6.13. The molecule has 0 N–H and O–H groups in total. The molecular formula is C10H12BrNO2S. The Morgan fingerprint density at radius 2 is 2.33 bits per heavy atom. The minimum atomic E-state index is -0.298. The van der Waals surface area contributed by atoms with Gasteiger partial charge in [0.25, 0.3) is 0 Å². The summed E-state index contributed by atoms with van der Waals surface area (Å²) in [6, 6.07) is 3.77. The highest BCUT2D eigenvalue weighted by atomic mass is 79.9. The van der Waals surface area contributed by atoms with Crippen molar-refractivity contribution in [3.63, 3.8) is 0 Å². The molecule has 0 saturated heterocycles. The van der Waals surface area contributed by atoms with E-state index in [4.69, 9.17) is 0 Å². The van der Waals surface area contributed by atoms with Crippen LogP contribution in [0, 0.1) is 16.0 Å². The highest BCUT2D eigenvalue weighted by Gasteiger charge is 2.13. The number of nitrogens with zero attached hydrogens (tertiary/aromatic N) is 1. The molecule has 3 nitrogen and oxygen atoms in total. The van der Waals surface area contributed by atoms with Gasteiger partial charge in [0.2, 0.25) is 5.70 Å². The summed E-state index contributed by atoms with van der Waals surface area (Å²) in [5.74, 6) is 0.296. The topological polar surface area (TPSA) is 43.1 Å². The van der Waals surface area contributed by atoms with Gasteiger partial charge in [0.15, 0.2) is 0 Å². The fourth-order valence-corrected chi connectivity index (χ4v) is 2.56. The Balaban J connectivity index is 2.88. The van der Waals surface area contributed by atoms with Crippen LogP contribution in [-0.4, -0.2) is 4.92 Å². The largest absolute Gasteiger partial charge is 0.259 e. The van der Waals surface area contributed by atoms with Crippen LogP contribution < -0.4 is 0 Å². The van der Waals surface area contributed by atoms with Crippen LogP contribution in [0.15, 0.2) is 21.6 Å². The van der Waals surface area contributed by atoms with E-state index < -0.39 is 0 Å². The van der Waals surface area contributed by atoms with E-state index in [-0.39, 0.29) is 10.6 Å². The Morgan fingerprint density at radius 1 is 1.67 bits per heavy atom. The van der Waals surface area contributed by atoms with Gasteiger partial charge in [-0.15, -0.1) is 11.3 Å². The van der Waals surface area contributed by atoms with E-state index in [0.29, 0.717) is 12.3 Å². The molecule has 0 radical (unpaired) electrons. The van der Waals surface area contributed by atoms with Gasteiger partial charge in [0.1, 0.15) is 0 Å². The van der Waals surface area contributed by atoms with E-state index in [2.05, 4.69) is 15.9 Å². The highest BCUT2D eigenvalue weighted by molar-refractivity contribution is 9.11. The predicted molar refractivity (Wildman–Crippen MR) is 66.4 cm³/mol. The van der Waals surface area contributed by atoms with E-state index in [1.807, 2.05) is 26.0 Å². The molecule has 0 bridgehead atoms. The van der Waals surface area contributed by atoms with E-state index in [0.717, 1.165) is 8.66 Å². The van der Waals surface area contributed by atoms with Crippen LogP contribution in [0.2, 0.25) is 0 Å². The van der Waals surface area contributed by atoms with Crippen LogP contribution in [-0.2, 0) is 0 Å². The second kappa shape index (κ2) is 5.42. The van der Waals surface area contributed by atoms with Crippen molar-refractivity contribution in [1.82, 2.24) is 0 Å². The van der Waals surface area contributed by atoms with Gasteiger partial charge in [-0.05, 0) is 34.0 Å². The highest BCUT2D eigenvalue weighted by Crippen LogP contribution is 2.25. The van der Waals surface area contributed by atoms with Gasteiger partial charge in [-0.25, -0.2) is 0 Å². The molecule has 0 aliphatic heterocycles. The Morgan fingerprint density at radius 3 is 2.73 bits per heavy atom. The van der Waals surface area contributed by atoms with Crippen molar-refractivity contribution < 1.29 is 4.92 Å². The molecule has 0 aliphatic carbocycles. The normalized spacial score (nSPS) is 12.1. The van der Waals surface area contributed by atoms with Gasteiger partial charge in [-0.2, -0.15) is 0 Å². The van der Waals surface area contributed by atoms with E-state index >= 15 is 0 Å². The first-order valence-electron chi connectivity index (χ1n) is 4.59. The summed E-state index contributed by atoms with van der Waals surface area (Å²) in [5, 5.41) is 10.8. The van der Waals surface area contributed by atoms with Gasteiger partial charge in [0.05, 0.1) is 8.71 Å². The first kappa shape index (κ1) is 12.4. The molecule has 15 heavy (non-hydrogen) atoms. The SMILES string of the molecule is CC(C)CC(=Cc1ccc(Br)s1)[N+](=O)[O-]. The Labute approximate surface area is 101 Å². The third-order valence-electron chi connectivity index (χ3n) is 1.75. The minimum Gasteiger partial charge on any atom is -0.259 e. The molecule has 1 heterocycles. The molecule has 5 heteroatoms. The number of halogens is 1. The van der Waals surface area contributed by atoms with Gasteiger partial charge in [-0.3, -0.25) is 10.1 Å². The molecule has 1 rings (SSSR count). The summed E-state index contributed by atoms with van der Waals surface area (Å²) in [6.07, 6.45) is 2.15. The summed E-state index contributed by atoms with van der Waals surface area (Å²) in [6.45, 7) is 3.95. The zero-order valence-electron chi connectivity index (χ0n) is 8.57. The average Bonchev–Trinajstić information content (AvgIpc) is 2.49. The van der Waals surface area contributed by atoms with Crippen LogP contribution in [0.25, 0.3) is 6.08 Å². The molecule has 0 saturated carbocycles. The van der Waals surface area contributed by atoms with Gasteiger partial charge in [0, 0.05) is 17.4 Å². The van der Waals surface area contributed by atoms with Crippen LogP contribution in [0.3, 0.4) is 0 Å². The first-order valence-corrected chi connectivity index (χ1v) is 6.20. The quantitative estimate of drug-likeness (QED) is 0.617. The molecule has 0 aliphatic rings. The molecule has 1 aromatic heterocycles. The smallest absolute Gasteiger partial charge is 0.247 e. The summed E-state index contributed by atoms with van der Waals surface area (Å²) < 4.78 is 0.987. The molecule has 0 amide bonds. The maximum atomic E-state index is 10.8. The van der Waals surface area contributed by atoms with Crippen molar-refractivity contribution >= 4 is 33.3 Å². The zero-order chi connectivity index (χ0) is 11.4. The van der Waals surface area contributed by atoms with Gasteiger partial charge in [-0.1, -0.05) is 13.8 Å². The van der Waals surface area contributed by atoms with Crippen molar-refractivity contribution in [2.75, 3.05) is 0 Å². The second-order valence-electron chi connectivity index (χ2n) is 3.63. The molecular weight excluding hydrogens is 278 g/mol. The minimum absolute atomic E-state index is 0.277. The van der Waals surface area contributed by atoms with Crippen molar-refractivity contribution in [2.24, 2.45) is 5.92 Å². The van der Waals surface area contributed by atoms with Crippen LogP contribution in [0.5, 0.6) is 0 Å². The number of nitro groups is 1. The van der Waals surface area contributed by atoms with Gasteiger partial charge < -0.3 is 0 Å². The summed E-state index contributed by atoms with van der Waals surface area (Å²) in [4.78, 5) is 11.4. The van der Waals surface area contributed by atoms with E-state index in [1.165, 1.54) is 11.3 Å². The maximum absolute atomic E-state index is 10.8. The van der Waals surface area contributed by atoms with Crippen molar-refractivity contribution in [3.05, 3.63) is 36.6 Å². The summed E-state index contributed by atoms with van der Waals surface area (Å²) in [7, 11) is 0. The van der Waals surface area contributed by atoms with E-state index in [9.17, 15) is 10.1 Å². The third kappa shape index (κ3) is 4.13. The number of rotatable bonds is 4. The third-order valence-corrected chi connectivity index (χ3v) is 3.33. The fourth-order valence-electron chi connectivity index (χ4n) is 1.17. The predicted octanol–water partition coefficient (Wildman–Crippen LogP) is 4.17. The lowest BCUT2D eigenvalue weighted by Crippen LogP contribution is -2.01. The molecule has 0 aromatic carbocycles. The van der Waals surface area contributed by atoms with Crippen molar-refractivity contribution in [2.45, 2.75) is 20.3 Å².